The van der Waals surface area contributed by atoms with Crippen molar-refractivity contribution in [2.75, 3.05) is 0 Å². The number of imidazole rings is 1. The Kier molecular flexibility index (Phi) is 3.24. The maximum absolute atomic E-state index is 12.6. The van der Waals surface area contributed by atoms with Crippen LogP contribution in [0.1, 0.15) is 19.9 Å². The summed E-state index contributed by atoms with van der Waals surface area (Å²) in [5.74, 6) is 0.698. The van der Waals surface area contributed by atoms with Crippen molar-refractivity contribution in [2.45, 2.75) is 19.9 Å². The first kappa shape index (κ1) is 14.3. The molecule has 6 heteroatoms. The molecule has 0 aliphatic rings. The Labute approximate surface area is 127 Å². The van der Waals surface area contributed by atoms with Gasteiger partial charge in [-0.15, -0.1) is 0 Å². The number of benzene rings is 1. The van der Waals surface area contributed by atoms with Crippen molar-refractivity contribution in [2.24, 2.45) is 14.1 Å². The largest absolute Gasteiger partial charge is 0.332 e. The monoisotopic (exact) mass is 298 g/mol. The first-order valence-corrected chi connectivity index (χ1v) is 7.17. The molecule has 1 aromatic carbocycles. The van der Waals surface area contributed by atoms with Gasteiger partial charge < -0.3 is 4.57 Å². The lowest BCUT2D eigenvalue weighted by atomic mass is 10.2. The molecule has 6 nitrogen and oxygen atoms in total. The Morgan fingerprint density at radius 1 is 1.00 bits per heavy atom. The van der Waals surface area contributed by atoms with Gasteiger partial charge in [-0.3, -0.25) is 13.9 Å². The fourth-order valence-corrected chi connectivity index (χ4v) is 2.71. The molecule has 0 unspecified atom stereocenters. The minimum atomic E-state index is -0.370. The van der Waals surface area contributed by atoms with Crippen molar-refractivity contribution in [1.29, 1.82) is 0 Å². The topological polar surface area (TPSA) is 61.8 Å². The first-order valence-electron chi connectivity index (χ1n) is 7.17. The number of aromatic nitrogens is 4. The van der Waals surface area contributed by atoms with Gasteiger partial charge in [0.25, 0.3) is 5.56 Å². The lowest BCUT2D eigenvalue weighted by Crippen LogP contribution is -2.37. The molecule has 114 valence electrons. The van der Waals surface area contributed by atoms with E-state index >= 15 is 0 Å². The van der Waals surface area contributed by atoms with Crippen LogP contribution in [0, 0.1) is 0 Å². The second-order valence-corrected chi connectivity index (χ2v) is 5.64. The van der Waals surface area contributed by atoms with Gasteiger partial charge in [0.2, 0.25) is 0 Å². The Hall–Kier alpha value is -2.63. The number of hydrogen-bond acceptors (Lipinski definition) is 3. The molecule has 0 fully saturated rings. The zero-order valence-corrected chi connectivity index (χ0v) is 13.1. The van der Waals surface area contributed by atoms with E-state index in [1.807, 2.05) is 48.7 Å². The van der Waals surface area contributed by atoms with E-state index in [-0.39, 0.29) is 17.3 Å². The van der Waals surface area contributed by atoms with Gasteiger partial charge in [-0.25, -0.2) is 9.78 Å². The summed E-state index contributed by atoms with van der Waals surface area (Å²) < 4.78 is 4.44. The number of hydrogen-bond donors (Lipinski definition) is 0. The van der Waals surface area contributed by atoms with Gasteiger partial charge in [-0.05, 0) is 13.8 Å². The highest BCUT2D eigenvalue weighted by atomic mass is 16.2. The Bertz CT molecular complexity index is 962. The first-order chi connectivity index (χ1) is 10.4. The lowest BCUT2D eigenvalue weighted by molar-refractivity contribution is 0.616. The zero-order valence-electron chi connectivity index (χ0n) is 13.1. The second kappa shape index (κ2) is 4.98. The molecule has 0 saturated heterocycles. The highest BCUT2D eigenvalue weighted by Crippen LogP contribution is 2.25. The Morgan fingerprint density at radius 2 is 1.64 bits per heavy atom. The van der Waals surface area contributed by atoms with E-state index in [9.17, 15) is 9.59 Å². The molecule has 0 aliphatic carbocycles. The van der Waals surface area contributed by atoms with E-state index < -0.39 is 0 Å². The second-order valence-electron chi connectivity index (χ2n) is 5.64. The third-order valence-corrected chi connectivity index (χ3v) is 3.84. The molecule has 0 bridgehead atoms. The fourth-order valence-electron chi connectivity index (χ4n) is 2.71. The maximum Gasteiger partial charge on any atom is 0.332 e. The highest BCUT2D eigenvalue weighted by Gasteiger charge is 2.21. The van der Waals surface area contributed by atoms with Gasteiger partial charge >= 0.3 is 5.69 Å². The highest BCUT2D eigenvalue weighted by molar-refractivity contribution is 5.77. The lowest BCUT2D eigenvalue weighted by Gasteiger charge is -2.13. The van der Waals surface area contributed by atoms with Crippen LogP contribution in [-0.2, 0) is 14.1 Å². The van der Waals surface area contributed by atoms with Crippen LogP contribution < -0.4 is 11.2 Å². The molecule has 0 radical (unpaired) electrons. The molecule has 3 aromatic rings. The van der Waals surface area contributed by atoms with Gasteiger partial charge in [-0.1, -0.05) is 30.3 Å². The fraction of sp³-hybridized carbons (Fsp3) is 0.312. The standard InChI is InChI=1S/C16H18N4O2/c1-10(2)20-12-14(18(3)16(22)19(4)15(12)21)17-13(20)11-8-6-5-7-9-11/h5-10H,1-4H3. The molecular weight excluding hydrogens is 280 g/mol. The smallest absolute Gasteiger partial charge is 0.316 e. The molecule has 0 N–H and O–H groups in total. The van der Waals surface area contributed by atoms with Crippen LogP contribution in [-0.4, -0.2) is 18.7 Å². The predicted octanol–water partition coefficient (Wildman–Crippen LogP) is 1.68. The number of aryl methyl sites for hydroxylation is 1. The summed E-state index contributed by atoms with van der Waals surface area (Å²) in [5.41, 5.74) is 1.10. The number of nitrogens with zero attached hydrogens (tertiary/aromatic N) is 4. The van der Waals surface area contributed by atoms with E-state index in [1.165, 1.54) is 11.6 Å². The minimum Gasteiger partial charge on any atom is -0.316 e. The minimum absolute atomic E-state index is 0.0467. The Morgan fingerprint density at radius 3 is 2.23 bits per heavy atom. The van der Waals surface area contributed by atoms with Crippen LogP contribution in [0.4, 0.5) is 0 Å². The van der Waals surface area contributed by atoms with Crippen LogP contribution >= 0.6 is 0 Å². The van der Waals surface area contributed by atoms with Crippen LogP contribution in [0.2, 0.25) is 0 Å². The average Bonchev–Trinajstić information content (AvgIpc) is 2.92. The van der Waals surface area contributed by atoms with E-state index in [0.717, 1.165) is 10.1 Å². The number of fused-ring (bicyclic) bond motifs is 1. The molecule has 22 heavy (non-hydrogen) atoms. The maximum atomic E-state index is 12.6. The van der Waals surface area contributed by atoms with Crippen LogP contribution in [0.5, 0.6) is 0 Å². The summed E-state index contributed by atoms with van der Waals surface area (Å²) in [7, 11) is 3.13. The number of rotatable bonds is 2. The van der Waals surface area contributed by atoms with Crippen molar-refractivity contribution in [3.05, 3.63) is 51.2 Å². The van der Waals surface area contributed by atoms with Crippen molar-refractivity contribution in [3.63, 3.8) is 0 Å². The van der Waals surface area contributed by atoms with Crippen LogP contribution in [0.15, 0.2) is 39.9 Å². The normalized spacial score (nSPS) is 11.5. The summed E-state index contributed by atoms with van der Waals surface area (Å²) in [6.45, 7) is 4.00. The Balaban J connectivity index is 2.54. The van der Waals surface area contributed by atoms with Crippen molar-refractivity contribution >= 4 is 11.2 Å². The molecule has 2 aromatic heterocycles. The molecule has 0 amide bonds. The predicted molar refractivity (Wildman–Crippen MR) is 86.0 cm³/mol. The van der Waals surface area contributed by atoms with Gasteiger partial charge in [0.15, 0.2) is 11.2 Å². The molecule has 0 atom stereocenters. The summed E-state index contributed by atoms with van der Waals surface area (Å²) in [6.07, 6.45) is 0. The SMILES string of the molecule is CC(C)n1c(-c2ccccc2)nc2c1c(=O)n(C)c(=O)n2C. The summed E-state index contributed by atoms with van der Waals surface area (Å²) >= 11 is 0. The van der Waals surface area contributed by atoms with Gasteiger partial charge in [-0.2, -0.15) is 0 Å². The average molecular weight is 298 g/mol. The third kappa shape index (κ3) is 1.91. The molecular formula is C16H18N4O2. The van der Waals surface area contributed by atoms with Crippen molar-refractivity contribution in [1.82, 2.24) is 18.7 Å². The van der Waals surface area contributed by atoms with Crippen LogP contribution in [0.25, 0.3) is 22.6 Å². The van der Waals surface area contributed by atoms with E-state index in [4.69, 9.17) is 0 Å². The van der Waals surface area contributed by atoms with E-state index in [2.05, 4.69) is 4.98 Å². The van der Waals surface area contributed by atoms with Crippen molar-refractivity contribution in [3.8, 4) is 11.4 Å². The van der Waals surface area contributed by atoms with Gasteiger partial charge in [0.05, 0.1) is 0 Å². The molecule has 0 aliphatic heterocycles. The van der Waals surface area contributed by atoms with E-state index in [0.29, 0.717) is 17.0 Å². The molecule has 0 spiro atoms. The zero-order chi connectivity index (χ0) is 16.0. The molecule has 3 rings (SSSR count). The van der Waals surface area contributed by atoms with Crippen molar-refractivity contribution < 1.29 is 0 Å². The van der Waals surface area contributed by atoms with Gasteiger partial charge in [0, 0.05) is 25.7 Å². The van der Waals surface area contributed by atoms with Gasteiger partial charge in [0.1, 0.15) is 5.82 Å². The quantitative estimate of drug-likeness (QED) is 0.723. The molecule has 2 heterocycles. The summed E-state index contributed by atoms with van der Waals surface area (Å²) in [6, 6.07) is 9.73. The molecule has 0 saturated carbocycles. The summed E-state index contributed by atoms with van der Waals surface area (Å²) in [5, 5.41) is 0. The summed E-state index contributed by atoms with van der Waals surface area (Å²) in [4.78, 5) is 29.2. The van der Waals surface area contributed by atoms with Crippen LogP contribution in [0.3, 0.4) is 0 Å². The third-order valence-electron chi connectivity index (χ3n) is 3.84. The van der Waals surface area contributed by atoms with E-state index in [1.54, 1.807) is 7.05 Å².